The highest BCUT2D eigenvalue weighted by atomic mass is 35.5. The number of rotatable bonds is 9. The first-order valence-electron chi connectivity index (χ1n) is 5.92. The van der Waals surface area contributed by atoms with Gasteiger partial charge in [0, 0.05) is 0 Å². The minimum Gasteiger partial charge on any atom is -0.445 e. The molecule has 2 atom stereocenters. The summed E-state index contributed by atoms with van der Waals surface area (Å²) < 4.78 is 5.02. The summed E-state index contributed by atoms with van der Waals surface area (Å²) in [4.78, 5) is 11.4. The van der Waals surface area contributed by atoms with Crippen LogP contribution in [0.25, 0.3) is 0 Å². The summed E-state index contributed by atoms with van der Waals surface area (Å²) in [6, 6.07) is -0.575. The molecule has 0 aliphatic carbocycles. The number of carbonyl (C=O) groups is 1. The SMILES string of the molecule is CCCCC(Cl)OC(=O)[C@H](N)CCCCN. The number of unbranched alkanes of at least 4 members (excludes halogenated alkanes) is 2. The molecular formula is C11H23ClN2O2. The van der Waals surface area contributed by atoms with E-state index in [1.165, 1.54) is 0 Å². The van der Waals surface area contributed by atoms with E-state index >= 15 is 0 Å². The molecule has 0 amide bonds. The summed E-state index contributed by atoms with van der Waals surface area (Å²) >= 11 is 5.84. The highest BCUT2D eigenvalue weighted by molar-refractivity contribution is 6.20. The Labute approximate surface area is 103 Å². The normalized spacial score (nSPS) is 14.5. The lowest BCUT2D eigenvalue weighted by Gasteiger charge is -2.14. The monoisotopic (exact) mass is 250 g/mol. The first kappa shape index (κ1) is 15.7. The van der Waals surface area contributed by atoms with Crippen molar-refractivity contribution >= 4 is 17.6 Å². The largest absolute Gasteiger partial charge is 0.445 e. The zero-order valence-electron chi connectivity index (χ0n) is 9.95. The maximum Gasteiger partial charge on any atom is 0.324 e. The van der Waals surface area contributed by atoms with E-state index in [2.05, 4.69) is 6.92 Å². The second-order valence-corrected chi connectivity index (χ2v) is 4.37. The van der Waals surface area contributed by atoms with Gasteiger partial charge in [0.1, 0.15) is 6.04 Å². The van der Waals surface area contributed by atoms with E-state index in [-0.39, 0.29) is 0 Å². The summed E-state index contributed by atoms with van der Waals surface area (Å²) in [6.45, 7) is 2.68. The van der Waals surface area contributed by atoms with Crippen molar-refractivity contribution in [2.24, 2.45) is 11.5 Å². The fourth-order valence-corrected chi connectivity index (χ4v) is 1.51. The van der Waals surface area contributed by atoms with E-state index in [0.717, 1.165) is 25.7 Å². The van der Waals surface area contributed by atoms with Crippen LogP contribution in [0.2, 0.25) is 0 Å². The number of esters is 1. The number of carbonyl (C=O) groups excluding carboxylic acids is 1. The third-order valence-corrected chi connectivity index (χ3v) is 2.61. The Kier molecular flexibility index (Phi) is 9.68. The molecule has 0 fully saturated rings. The third kappa shape index (κ3) is 7.91. The number of halogens is 1. The minimum absolute atomic E-state index is 0.409. The van der Waals surface area contributed by atoms with Crippen molar-refractivity contribution in [2.45, 2.75) is 57.1 Å². The van der Waals surface area contributed by atoms with Crippen LogP contribution < -0.4 is 11.5 Å². The lowest BCUT2D eigenvalue weighted by molar-refractivity contribution is -0.147. The molecule has 0 heterocycles. The first-order chi connectivity index (χ1) is 7.61. The van der Waals surface area contributed by atoms with E-state index in [0.29, 0.717) is 19.4 Å². The number of hydrogen-bond acceptors (Lipinski definition) is 4. The van der Waals surface area contributed by atoms with E-state index < -0.39 is 17.6 Å². The van der Waals surface area contributed by atoms with E-state index in [1.54, 1.807) is 0 Å². The summed E-state index contributed by atoms with van der Waals surface area (Å²) in [6.07, 6.45) is 4.98. The van der Waals surface area contributed by atoms with Crippen LogP contribution in [0.3, 0.4) is 0 Å². The highest BCUT2D eigenvalue weighted by Gasteiger charge is 2.18. The molecule has 0 aliphatic rings. The quantitative estimate of drug-likeness (QED) is 0.371. The first-order valence-corrected chi connectivity index (χ1v) is 6.35. The minimum atomic E-state index is -0.575. The molecule has 4 N–H and O–H groups in total. The van der Waals surface area contributed by atoms with Crippen LogP contribution in [-0.4, -0.2) is 24.1 Å². The van der Waals surface area contributed by atoms with Gasteiger partial charge in [0.15, 0.2) is 5.56 Å². The molecule has 0 saturated heterocycles. The Morgan fingerprint density at radius 2 is 2.00 bits per heavy atom. The second-order valence-electron chi connectivity index (χ2n) is 3.88. The zero-order valence-corrected chi connectivity index (χ0v) is 10.7. The van der Waals surface area contributed by atoms with Gasteiger partial charge in [0.05, 0.1) is 0 Å². The van der Waals surface area contributed by atoms with Crippen molar-refractivity contribution in [3.63, 3.8) is 0 Å². The smallest absolute Gasteiger partial charge is 0.324 e. The number of ether oxygens (including phenoxy) is 1. The van der Waals surface area contributed by atoms with Gasteiger partial charge in [-0.2, -0.15) is 0 Å². The van der Waals surface area contributed by atoms with Gasteiger partial charge in [-0.15, -0.1) is 0 Å². The van der Waals surface area contributed by atoms with Crippen LogP contribution in [-0.2, 0) is 9.53 Å². The average Bonchev–Trinajstić information content (AvgIpc) is 2.26. The van der Waals surface area contributed by atoms with Crippen molar-refractivity contribution in [1.29, 1.82) is 0 Å². The third-order valence-electron chi connectivity index (χ3n) is 2.30. The molecule has 0 aromatic carbocycles. The van der Waals surface area contributed by atoms with Crippen LogP contribution in [0.15, 0.2) is 0 Å². The topological polar surface area (TPSA) is 78.3 Å². The summed E-state index contributed by atoms with van der Waals surface area (Å²) in [5.74, 6) is -0.409. The van der Waals surface area contributed by atoms with Crippen molar-refractivity contribution in [3.8, 4) is 0 Å². The Morgan fingerprint density at radius 3 is 2.56 bits per heavy atom. The van der Waals surface area contributed by atoms with Crippen LogP contribution in [0, 0.1) is 0 Å². The summed E-state index contributed by atoms with van der Waals surface area (Å²) in [5, 5.41) is 0. The predicted molar refractivity (Wildman–Crippen MR) is 66.1 cm³/mol. The molecule has 0 spiro atoms. The van der Waals surface area contributed by atoms with Crippen LogP contribution >= 0.6 is 11.6 Å². The Balaban J connectivity index is 3.68. The maximum atomic E-state index is 11.4. The molecule has 0 aromatic heterocycles. The van der Waals surface area contributed by atoms with Crippen molar-refractivity contribution in [1.82, 2.24) is 0 Å². The van der Waals surface area contributed by atoms with Crippen LogP contribution in [0.4, 0.5) is 0 Å². The molecule has 0 saturated carbocycles. The average molecular weight is 251 g/mol. The molecule has 4 nitrogen and oxygen atoms in total. The molecule has 0 rings (SSSR count). The van der Waals surface area contributed by atoms with Gasteiger partial charge in [0.25, 0.3) is 0 Å². The zero-order chi connectivity index (χ0) is 12.4. The van der Waals surface area contributed by atoms with Crippen molar-refractivity contribution in [3.05, 3.63) is 0 Å². The molecule has 0 bridgehead atoms. The lowest BCUT2D eigenvalue weighted by Crippen LogP contribution is -2.34. The van der Waals surface area contributed by atoms with Crippen LogP contribution in [0.1, 0.15) is 45.4 Å². The number of hydrogen-bond donors (Lipinski definition) is 2. The predicted octanol–water partition coefficient (Wildman–Crippen LogP) is 1.74. The fraction of sp³-hybridized carbons (Fsp3) is 0.909. The molecule has 5 heteroatoms. The van der Waals surface area contributed by atoms with Gasteiger partial charge in [-0.3, -0.25) is 4.79 Å². The van der Waals surface area contributed by atoms with Gasteiger partial charge in [0.2, 0.25) is 0 Å². The van der Waals surface area contributed by atoms with Crippen LogP contribution in [0.5, 0.6) is 0 Å². The van der Waals surface area contributed by atoms with Gasteiger partial charge >= 0.3 is 5.97 Å². The Bertz CT molecular complexity index is 191. The fourth-order valence-electron chi connectivity index (χ4n) is 1.26. The van der Waals surface area contributed by atoms with Crippen molar-refractivity contribution < 1.29 is 9.53 Å². The lowest BCUT2D eigenvalue weighted by atomic mass is 10.1. The number of alkyl halides is 1. The molecule has 1 unspecified atom stereocenters. The van der Waals surface area contributed by atoms with Gasteiger partial charge in [-0.05, 0) is 32.2 Å². The van der Waals surface area contributed by atoms with Gasteiger partial charge < -0.3 is 16.2 Å². The van der Waals surface area contributed by atoms with Crippen molar-refractivity contribution in [2.75, 3.05) is 6.54 Å². The molecule has 16 heavy (non-hydrogen) atoms. The Hall–Kier alpha value is -0.320. The van der Waals surface area contributed by atoms with E-state index in [4.69, 9.17) is 27.8 Å². The van der Waals surface area contributed by atoms with Gasteiger partial charge in [-0.25, -0.2) is 0 Å². The summed E-state index contributed by atoms with van der Waals surface area (Å²) in [5.41, 5.74) is 10.5. The summed E-state index contributed by atoms with van der Waals surface area (Å²) in [7, 11) is 0. The van der Waals surface area contributed by atoms with Gasteiger partial charge in [-0.1, -0.05) is 31.4 Å². The number of nitrogens with two attached hydrogens (primary N) is 2. The standard InChI is InChI=1S/C11H23ClN2O2/c1-2-3-7-10(12)16-11(15)9(14)6-4-5-8-13/h9-10H,2-8,13-14H2,1H3/t9-,10?/m1/s1. The molecule has 0 aliphatic heterocycles. The van der Waals surface area contributed by atoms with E-state index in [9.17, 15) is 4.79 Å². The second kappa shape index (κ2) is 9.87. The van der Waals surface area contributed by atoms with E-state index in [1.807, 2.05) is 0 Å². The molecular weight excluding hydrogens is 228 g/mol. The maximum absolute atomic E-state index is 11.4. The molecule has 96 valence electrons. The molecule has 0 aromatic rings. The highest BCUT2D eigenvalue weighted by Crippen LogP contribution is 2.11. The molecule has 0 radical (unpaired) electrons. The Morgan fingerprint density at radius 1 is 1.31 bits per heavy atom.